The molecule has 0 bridgehead atoms. The number of fused-ring (bicyclic) bond motifs is 2. The molecular formula is C22H16S2. The molecule has 0 aliphatic carbocycles. The Balaban J connectivity index is 1.53. The van der Waals surface area contributed by atoms with E-state index in [4.69, 9.17) is 0 Å². The van der Waals surface area contributed by atoms with Crippen molar-refractivity contribution in [2.75, 3.05) is 0 Å². The van der Waals surface area contributed by atoms with Crippen LogP contribution < -0.4 is 0 Å². The van der Waals surface area contributed by atoms with Gasteiger partial charge in [0.2, 0.25) is 0 Å². The smallest absolute Gasteiger partial charge is 0.0194 e. The molecule has 0 amide bonds. The van der Waals surface area contributed by atoms with Crippen LogP contribution in [0.5, 0.6) is 0 Å². The average molecular weight is 345 g/mol. The Hall–Kier alpha value is -2.16. The molecule has 4 aromatic carbocycles. The fourth-order valence-electron chi connectivity index (χ4n) is 2.80. The monoisotopic (exact) mass is 344 g/mol. The van der Waals surface area contributed by atoms with Crippen LogP contribution >= 0.6 is 23.5 Å². The summed E-state index contributed by atoms with van der Waals surface area (Å²) in [5, 5.41) is 9.55. The van der Waals surface area contributed by atoms with Crippen LogP contribution in [0.1, 0.15) is 0 Å². The van der Waals surface area contributed by atoms with E-state index in [1.54, 1.807) is 23.5 Å². The molecule has 0 saturated heterocycles. The Kier molecular flexibility index (Phi) is 4.59. The first-order valence-corrected chi connectivity index (χ1v) is 9.62. The third-order valence-electron chi connectivity index (χ3n) is 3.94. The molecule has 0 saturated carbocycles. The van der Waals surface area contributed by atoms with E-state index in [1.807, 2.05) is 0 Å². The third kappa shape index (κ3) is 3.21. The molecule has 0 spiro atoms. The lowest BCUT2D eigenvalue weighted by Gasteiger charge is -2.04. The van der Waals surface area contributed by atoms with Crippen molar-refractivity contribution in [1.29, 1.82) is 0 Å². The van der Waals surface area contributed by atoms with Gasteiger partial charge in [-0.05, 0) is 44.5 Å². The molecule has 0 nitrogen and oxygen atoms in total. The molecule has 0 radical (unpaired) electrons. The highest BCUT2D eigenvalue weighted by Gasteiger charge is 2.00. The van der Waals surface area contributed by atoms with E-state index in [2.05, 4.69) is 95.7 Å². The molecule has 0 aromatic heterocycles. The van der Waals surface area contributed by atoms with Gasteiger partial charge in [-0.15, -0.1) is 0 Å². The van der Waals surface area contributed by atoms with Crippen LogP contribution in [0.2, 0.25) is 0 Å². The molecule has 4 rings (SSSR count). The summed E-state index contributed by atoms with van der Waals surface area (Å²) in [6.45, 7) is 0. The highest BCUT2D eigenvalue weighted by atomic mass is 32.2. The number of thioether (sulfide) groups is 2. The lowest BCUT2D eigenvalue weighted by molar-refractivity contribution is 1.55. The van der Waals surface area contributed by atoms with Crippen LogP contribution in [0.4, 0.5) is 0 Å². The summed E-state index contributed by atoms with van der Waals surface area (Å²) < 4.78 is 0. The zero-order valence-corrected chi connectivity index (χ0v) is 14.7. The van der Waals surface area contributed by atoms with Crippen molar-refractivity contribution in [1.82, 2.24) is 0 Å². The average Bonchev–Trinajstić information content (AvgIpc) is 2.65. The zero-order valence-electron chi connectivity index (χ0n) is 13.1. The highest BCUT2D eigenvalue weighted by Crippen LogP contribution is 2.32. The van der Waals surface area contributed by atoms with Crippen molar-refractivity contribution in [2.45, 2.75) is 9.79 Å². The van der Waals surface area contributed by atoms with E-state index < -0.39 is 0 Å². The van der Waals surface area contributed by atoms with Gasteiger partial charge in [-0.3, -0.25) is 0 Å². The molecule has 0 fully saturated rings. The van der Waals surface area contributed by atoms with Crippen LogP contribution in [0, 0.1) is 0 Å². The molecule has 0 aliphatic heterocycles. The highest BCUT2D eigenvalue weighted by molar-refractivity contribution is 8.05. The minimum absolute atomic E-state index is 1.29. The third-order valence-corrected chi connectivity index (χ3v) is 5.88. The van der Waals surface area contributed by atoms with Crippen LogP contribution in [0.15, 0.2) is 106 Å². The largest absolute Gasteiger partial charge is 0.0969 e. The molecule has 4 aromatic rings. The van der Waals surface area contributed by atoms with Crippen molar-refractivity contribution in [3.8, 4) is 0 Å². The van der Waals surface area contributed by atoms with Crippen LogP contribution in [-0.2, 0) is 0 Å². The summed E-state index contributed by atoms with van der Waals surface area (Å²) in [4.78, 5) is 2.59. The first-order valence-electron chi connectivity index (χ1n) is 7.86. The topological polar surface area (TPSA) is 0 Å². The fraction of sp³-hybridized carbons (Fsp3) is 0. The first-order chi connectivity index (χ1) is 11.9. The van der Waals surface area contributed by atoms with Crippen LogP contribution in [-0.4, -0.2) is 0 Å². The molecule has 0 unspecified atom stereocenters. The van der Waals surface area contributed by atoms with Crippen molar-refractivity contribution < 1.29 is 0 Å². The van der Waals surface area contributed by atoms with Gasteiger partial charge in [-0.2, -0.15) is 0 Å². The number of hydrogen-bond acceptors (Lipinski definition) is 2. The van der Waals surface area contributed by atoms with E-state index in [9.17, 15) is 0 Å². The second kappa shape index (κ2) is 7.16. The van der Waals surface area contributed by atoms with Crippen LogP contribution in [0.3, 0.4) is 0 Å². The van der Waals surface area contributed by atoms with Gasteiger partial charge in [-0.25, -0.2) is 0 Å². The second-order valence-corrected chi connectivity index (χ2v) is 7.36. The summed E-state index contributed by atoms with van der Waals surface area (Å²) in [6.07, 6.45) is 0. The van der Waals surface area contributed by atoms with Crippen molar-refractivity contribution >= 4 is 45.1 Å². The van der Waals surface area contributed by atoms with Gasteiger partial charge < -0.3 is 0 Å². The molecule has 24 heavy (non-hydrogen) atoms. The van der Waals surface area contributed by atoms with Gasteiger partial charge in [-0.1, -0.05) is 96.3 Å². The van der Waals surface area contributed by atoms with Crippen molar-refractivity contribution in [3.05, 3.63) is 95.7 Å². The quantitative estimate of drug-likeness (QED) is 0.355. The Morgan fingerprint density at radius 1 is 0.458 bits per heavy atom. The Bertz CT molecular complexity index is 924. The van der Waals surface area contributed by atoms with Gasteiger partial charge in [0.05, 0.1) is 0 Å². The first kappa shape index (κ1) is 15.4. The number of hydrogen-bond donors (Lipinski definition) is 0. The van der Waals surface area contributed by atoms with Gasteiger partial charge >= 0.3 is 0 Å². The maximum Gasteiger partial charge on any atom is 0.0194 e. The molecule has 0 N–H and O–H groups in total. The van der Waals surface area contributed by atoms with Crippen molar-refractivity contribution in [3.63, 3.8) is 0 Å². The summed E-state index contributed by atoms with van der Waals surface area (Å²) in [5.74, 6) is 0. The zero-order chi connectivity index (χ0) is 16.2. The molecule has 2 heteroatoms. The Morgan fingerprint density at radius 2 is 0.875 bits per heavy atom. The molecular weight excluding hydrogens is 328 g/mol. The van der Waals surface area contributed by atoms with Gasteiger partial charge in [0.25, 0.3) is 0 Å². The van der Waals surface area contributed by atoms with Crippen molar-refractivity contribution in [2.24, 2.45) is 0 Å². The minimum atomic E-state index is 1.29. The second-order valence-electron chi connectivity index (χ2n) is 5.46. The molecule has 0 aliphatic rings. The number of rotatable bonds is 4. The normalized spacial score (nSPS) is 11.5. The van der Waals surface area contributed by atoms with Crippen LogP contribution in [0.25, 0.3) is 21.5 Å². The molecule has 0 atom stereocenters. The summed E-state index contributed by atoms with van der Waals surface area (Å²) in [6, 6.07) is 30.0. The van der Waals surface area contributed by atoms with E-state index >= 15 is 0 Å². The standard InChI is InChI=1S/C22H16S2/c1-3-11-19-17(7-1)9-5-13-21(19)23-15-16-24-22-14-6-10-18-8-2-4-12-20(18)22/h1-16H/b16-15-. The van der Waals surface area contributed by atoms with Gasteiger partial charge in [0, 0.05) is 9.79 Å². The predicted molar refractivity (Wildman–Crippen MR) is 109 cm³/mol. The Morgan fingerprint density at radius 3 is 1.38 bits per heavy atom. The summed E-state index contributed by atoms with van der Waals surface area (Å²) in [7, 11) is 0. The van der Waals surface area contributed by atoms with Gasteiger partial charge in [0.15, 0.2) is 0 Å². The molecule has 116 valence electrons. The predicted octanol–water partition coefficient (Wildman–Crippen LogP) is 7.35. The SMILES string of the molecule is C(=C/Sc1cccc2ccccc12)/Sc1cccc2ccccc12. The van der Waals surface area contributed by atoms with E-state index in [0.29, 0.717) is 0 Å². The van der Waals surface area contributed by atoms with Gasteiger partial charge in [0.1, 0.15) is 0 Å². The lowest BCUT2D eigenvalue weighted by Crippen LogP contribution is -1.75. The maximum atomic E-state index is 2.18. The van der Waals surface area contributed by atoms with E-state index in [1.165, 1.54) is 31.3 Å². The summed E-state index contributed by atoms with van der Waals surface area (Å²) in [5.41, 5.74) is 0. The minimum Gasteiger partial charge on any atom is -0.0969 e. The fourth-order valence-corrected chi connectivity index (χ4v) is 4.48. The van der Waals surface area contributed by atoms with E-state index in [-0.39, 0.29) is 0 Å². The Labute approximate surface area is 150 Å². The van der Waals surface area contributed by atoms with E-state index in [0.717, 1.165) is 0 Å². The summed E-state index contributed by atoms with van der Waals surface area (Å²) >= 11 is 3.55. The molecule has 0 heterocycles. The maximum absolute atomic E-state index is 2.18. The lowest BCUT2D eigenvalue weighted by atomic mass is 10.1. The number of benzene rings is 4.